The molecule has 2 heterocycles. The van der Waals surface area contributed by atoms with Crippen LogP contribution in [0.25, 0.3) is 0 Å². The van der Waals surface area contributed by atoms with Gasteiger partial charge in [-0.25, -0.2) is 18.4 Å². The zero-order chi connectivity index (χ0) is 22.7. The van der Waals surface area contributed by atoms with E-state index >= 15 is 0 Å². The van der Waals surface area contributed by atoms with E-state index in [4.69, 9.17) is 0 Å². The van der Waals surface area contributed by atoms with Crippen molar-refractivity contribution < 1.29 is 13.2 Å². The fourth-order valence-corrected chi connectivity index (χ4v) is 5.12. The Morgan fingerprint density at radius 2 is 1.44 bits per heavy atom. The average molecular weight is 452 g/mol. The molecular formula is C23H25N5O3S. The number of hydrogen-bond acceptors (Lipinski definition) is 6. The van der Waals surface area contributed by atoms with Crippen molar-refractivity contribution in [2.75, 3.05) is 23.7 Å². The van der Waals surface area contributed by atoms with Gasteiger partial charge in [0.15, 0.2) is 0 Å². The highest BCUT2D eigenvalue weighted by molar-refractivity contribution is 7.89. The second kappa shape index (κ2) is 9.05. The molecule has 0 radical (unpaired) electrons. The predicted molar refractivity (Wildman–Crippen MR) is 124 cm³/mol. The molecule has 0 bridgehead atoms. The maximum Gasteiger partial charge on any atom is 0.255 e. The SMILES string of the molecule is Cc1cc(C)nc(Nc2ccc(C(=O)Nc3ccc(S(=O)(=O)N4CCCC4)cc3)cc2)n1. The number of nitrogens with one attached hydrogen (secondary N) is 2. The molecular weight excluding hydrogens is 426 g/mol. The number of anilines is 3. The molecule has 3 aromatic rings. The molecule has 0 saturated carbocycles. The minimum absolute atomic E-state index is 0.237. The van der Waals surface area contributed by atoms with E-state index in [9.17, 15) is 13.2 Å². The lowest BCUT2D eigenvalue weighted by atomic mass is 10.2. The van der Waals surface area contributed by atoms with Gasteiger partial charge >= 0.3 is 0 Å². The highest BCUT2D eigenvalue weighted by Gasteiger charge is 2.26. The first-order chi connectivity index (χ1) is 15.3. The van der Waals surface area contributed by atoms with Crippen molar-refractivity contribution in [2.24, 2.45) is 0 Å². The lowest BCUT2D eigenvalue weighted by Crippen LogP contribution is -2.27. The molecule has 1 aliphatic rings. The van der Waals surface area contributed by atoms with Gasteiger partial charge in [-0.3, -0.25) is 4.79 Å². The number of aromatic nitrogens is 2. The van der Waals surface area contributed by atoms with E-state index in [0.29, 0.717) is 30.3 Å². The second-order valence-electron chi connectivity index (χ2n) is 7.77. The highest BCUT2D eigenvalue weighted by atomic mass is 32.2. The Morgan fingerprint density at radius 1 is 0.875 bits per heavy atom. The van der Waals surface area contributed by atoms with E-state index in [0.717, 1.165) is 29.9 Å². The summed E-state index contributed by atoms with van der Waals surface area (Å²) in [7, 11) is -3.47. The molecule has 2 aromatic carbocycles. The highest BCUT2D eigenvalue weighted by Crippen LogP contribution is 2.23. The third-order valence-electron chi connectivity index (χ3n) is 5.20. The van der Waals surface area contributed by atoms with Gasteiger partial charge in [-0.05, 0) is 81.3 Å². The number of aryl methyl sites for hydroxylation is 2. The summed E-state index contributed by atoms with van der Waals surface area (Å²) in [5.41, 5.74) is 3.51. The van der Waals surface area contributed by atoms with Crippen LogP contribution in [0.3, 0.4) is 0 Å². The number of hydrogen-bond donors (Lipinski definition) is 2. The zero-order valence-corrected chi connectivity index (χ0v) is 18.8. The van der Waals surface area contributed by atoms with Gasteiger partial charge in [0.05, 0.1) is 4.90 Å². The molecule has 8 nitrogen and oxygen atoms in total. The lowest BCUT2D eigenvalue weighted by molar-refractivity contribution is 0.102. The van der Waals surface area contributed by atoms with Crippen LogP contribution in [0.1, 0.15) is 34.6 Å². The molecule has 0 aliphatic carbocycles. The smallest absolute Gasteiger partial charge is 0.255 e. The third-order valence-corrected chi connectivity index (χ3v) is 7.11. The summed E-state index contributed by atoms with van der Waals surface area (Å²) in [4.78, 5) is 21.5. The topological polar surface area (TPSA) is 104 Å². The van der Waals surface area contributed by atoms with Crippen LogP contribution in [0.15, 0.2) is 59.5 Å². The van der Waals surface area contributed by atoms with Gasteiger partial charge in [0, 0.05) is 41.4 Å². The van der Waals surface area contributed by atoms with Crippen molar-refractivity contribution in [3.05, 3.63) is 71.5 Å². The van der Waals surface area contributed by atoms with Crippen LogP contribution in [0.5, 0.6) is 0 Å². The molecule has 1 aliphatic heterocycles. The van der Waals surface area contributed by atoms with Crippen molar-refractivity contribution in [1.82, 2.24) is 14.3 Å². The molecule has 2 N–H and O–H groups in total. The van der Waals surface area contributed by atoms with Crippen LogP contribution in [-0.2, 0) is 10.0 Å². The molecule has 1 fully saturated rings. The van der Waals surface area contributed by atoms with Crippen LogP contribution >= 0.6 is 0 Å². The molecule has 1 aromatic heterocycles. The number of carbonyl (C=O) groups excluding carboxylic acids is 1. The standard InChI is InChI=1S/C23H25N5O3S/c1-16-15-17(2)25-23(24-16)27-20-7-5-18(6-8-20)22(29)26-19-9-11-21(12-10-19)32(30,31)28-13-3-4-14-28/h5-12,15H,3-4,13-14H2,1-2H3,(H,26,29)(H,24,25,27). The summed E-state index contributed by atoms with van der Waals surface area (Å²) < 4.78 is 26.7. The van der Waals surface area contributed by atoms with E-state index in [1.165, 1.54) is 16.4 Å². The molecule has 4 rings (SSSR count). The summed E-state index contributed by atoms with van der Waals surface area (Å²) in [6.07, 6.45) is 1.78. The predicted octanol–water partition coefficient (Wildman–Crippen LogP) is 3.87. The lowest BCUT2D eigenvalue weighted by Gasteiger charge is -2.15. The van der Waals surface area contributed by atoms with Crippen LogP contribution in [0.4, 0.5) is 17.3 Å². The Balaban J connectivity index is 1.40. The summed E-state index contributed by atoms with van der Waals surface area (Å²) in [5.74, 6) is 0.220. The fraction of sp³-hybridized carbons (Fsp3) is 0.261. The van der Waals surface area contributed by atoms with E-state index in [1.54, 1.807) is 36.4 Å². The monoisotopic (exact) mass is 451 g/mol. The van der Waals surface area contributed by atoms with Gasteiger partial charge in [-0.1, -0.05) is 0 Å². The minimum atomic E-state index is -3.47. The minimum Gasteiger partial charge on any atom is -0.324 e. The number of rotatable bonds is 6. The summed E-state index contributed by atoms with van der Waals surface area (Å²) in [6, 6.07) is 15.1. The van der Waals surface area contributed by atoms with Crippen LogP contribution in [0.2, 0.25) is 0 Å². The van der Waals surface area contributed by atoms with Crippen molar-refractivity contribution in [3.8, 4) is 0 Å². The van der Waals surface area contributed by atoms with Crippen molar-refractivity contribution in [3.63, 3.8) is 0 Å². The normalized spacial score (nSPS) is 14.3. The second-order valence-corrected chi connectivity index (χ2v) is 9.70. The fourth-order valence-electron chi connectivity index (χ4n) is 3.61. The van der Waals surface area contributed by atoms with Crippen molar-refractivity contribution in [2.45, 2.75) is 31.6 Å². The van der Waals surface area contributed by atoms with Crippen LogP contribution in [0, 0.1) is 13.8 Å². The Labute approximate surface area is 187 Å². The van der Waals surface area contributed by atoms with Gasteiger partial charge in [0.25, 0.3) is 5.91 Å². The van der Waals surface area contributed by atoms with E-state index in [-0.39, 0.29) is 10.8 Å². The molecule has 166 valence electrons. The first-order valence-corrected chi connectivity index (χ1v) is 11.9. The molecule has 1 amide bonds. The molecule has 0 spiro atoms. The first-order valence-electron chi connectivity index (χ1n) is 10.4. The Bertz CT molecular complexity index is 1200. The van der Waals surface area contributed by atoms with Crippen molar-refractivity contribution in [1.29, 1.82) is 0 Å². The van der Waals surface area contributed by atoms with Crippen LogP contribution in [-0.4, -0.2) is 41.7 Å². The molecule has 1 saturated heterocycles. The number of sulfonamides is 1. The van der Waals surface area contributed by atoms with Crippen LogP contribution < -0.4 is 10.6 Å². The molecule has 0 atom stereocenters. The van der Waals surface area contributed by atoms with Gasteiger partial charge in [-0.2, -0.15) is 4.31 Å². The number of carbonyl (C=O) groups is 1. The first kappa shape index (κ1) is 21.9. The largest absolute Gasteiger partial charge is 0.324 e. The maximum atomic E-state index is 12.6. The number of nitrogens with zero attached hydrogens (tertiary/aromatic N) is 3. The van der Waals surface area contributed by atoms with Gasteiger partial charge in [0.2, 0.25) is 16.0 Å². The Kier molecular flexibility index (Phi) is 6.20. The van der Waals surface area contributed by atoms with Gasteiger partial charge in [-0.15, -0.1) is 0 Å². The quantitative estimate of drug-likeness (QED) is 0.590. The zero-order valence-electron chi connectivity index (χ0n) is 18.0. The molecule has 9 heteroatoms. The van der Waals surface area contributed by atoms with E-state index < -0.39 is 10.0 Å². The number of amides is 1. The Morgan fingerprint density at radius 3 is 2.03 bits per heavy atom. The summed E-state index contributed by atoms with van der Waals surface area (Å²) in [5, 5.41) is 5.93. The molecule has 0 unspecified atom stereocenters. The molecule has 32 heavy (non-hydrogen) atoms. The van der Waals surface area contributed by atoms with E-state index in [1.807, 2.05) is 19.9 Å². The summed E-state index contributed by atoms with van der Waals surface area (Å²) in [6.45, 7) is 4.92. The third kappa shape index (κ3) is 4.95. The Hall–Kier alpha value is -3.30. The average Bonchev–Trinajstić information content (AvgIpc) is 3.30. The number of benzene rings is 2. The van der Waals surface area contributed by atoms with Gasteiger partial charge in [0.1, 0.15) is 0 Å². The van der Waals surface area contributed by atoms with Gasteiger partial charge < -0.3 is 10.6 Å². The van der Waals surface area contributed by atoms with E-state index in [2.05, 4.69) is 20.6 Å². The maximum absolute atomic E-state index is 12.6. The summed E-state index contributed by atoms with van der Waals surface area (Å²) >= 11 is 0. The van der Waals surface area contributed by atoms with Crippen molar-refractivity contribution >= 4 is 33.3 Å².